The highest BCUT2D eigenvalue weighted by Gasteiger charge is 2.08. The second-order valence-corrected chi connectivity index (χ2v) is 5.92. The summed E-state index contributed by atoms with van der Waals surface area (Å²) in [6.45, 7) is 2.27. The predicted molar refractivity (Wildman–Crippen MR) is 87.4 cm³/mol. The van der Waals surface area contributed by atoms with Gasteiger partial charge in [-0.3, -0.25) is 0 Å². The zero-order chi connectivity index (χ0) is 13.9. The van der Waals surface area contributed by atoms with Crippen molar-refractivity contribution in [3.63, 3.8) is 0 Å². The molecule has 2 heteroatoms. The molecule has 19 heavy (non-hydrogen) atoms. The monoisotopic (exact) mass is 326 g/mol. The van der Waals surface area contributed by atoms with Crippen molar-refractivity contribution in [1.82, 2.24) is 0 Å². The van der Waals surface area contributed by atoms with Gasteiger partial charge in [0.25, 0.3) is 0 Å². The first-order chi connectivity index (χ1) is 9.30. The normalized spacial score (nSPS) is 12.4. The molecule has 1 atom stereocenters. The Labute approximate surface area is 126 Å². The van der Waals surface area contributed by atoms with Gasteiger partial charge in [-0.15, -0.1) is 0 Å². The molecule has 0 saturated carbocycles. The topological polar surface area (TPSA) is 9.23 Å². The van der Waals surface area contributed by atoms with E-state index in [9.17, 15) is 0 Å². The molecule has 1 rings (SSSR count). The molecule has 1 nitrogen and oxygen atoms in total. The minimum atomic E-state index is 0.759. The summed E-state index contributed by atoms with van der Waals surface area (Å²) in [5, 5.41) is 1.10. The first-order valence-corrected chi connectivity index (χ1v) is 8.61. The third kappa shape index (κ3) is 7.00. The molecule has 1 aromatic rings. The van der Waals surface area contributed by atoms with E-state index >= 15 is 0 Å². The quantitative estimate of drug-likeness (QED) is 0.401. The molecule has 0 heterocycles. The number of hydrogen-bond acceptors (Lipinski definition) is 1. The Hall–Kier alpha value is -0.500. The zero-order valence-electron chi connectivity index (χ0n) is 12.3. The van der Waals surface area contributed by atoms with Crippen molar-refractivity contribution >= 4 is 15.9 Å². The molecule has 0 aliphatic carbocycles. The maximum atomic E-state index is 5.19. The molecule has 0 spiro atoms. The molecule has 1 unspecified atom stereocenters. The van der Waals surface area contributed by atoms with Gasteiger partial charge in [-0.25, -0.2) is 0 Å². The average Bonchev–Trinajstić information content (AvgIpc) is 2.46. The van der Waals surface area contributed by atoms with E-state index in [0.717, 1.165) is 17.0 Å². The van der Waals surface area contributed by atoms with Crippen molar-refractivity contribution in [2.45, 2.75) is 51.9 Å². The summed E-state index contributed by atoms with van der Waals surface area (Å²) in [7, 11) is 1.71. The summed E-state index contributed by atoms with van der Waals surface area (Å²) in [5.74, 6) is 1.70. The third-order valence-electron chi connectivity index (χ3n) is 3.62. The smallest absolute Gasteiger partial charge is 0.118 e. The minimum absolute atomic E-state index is 0.759. The lowest BCUT2D eigenvalue weighted by atomic mass is 9.95. The molecule has 0 bridgehead atoms. The number of benzene rings is 1. The van der Waals surface area contributed by atoms with Crippen molar-refractivity contribution < 1.29 is 4.74 Å². The number of hydrogen-bond donors (Lipinski definition) is 0. The van der Waals surface area contributed by atoms with E-state index in [2.05, 4.69) is 47.1 Å². The van der Waals surface area contributed by atoms with Crippen molar-refractivity contribution in [3.05, 3.63) is 29.8 Å². The van der Waals surface area contributed by atoms with Gasteiger partial charge in [0.1, 0.15) is 5.75 Å². The highest BCUT2D eigenvalue weighted by Crippen LogP contribution is 2.20. The number of rotatable bonds is 10. The molecule has 108 valence electrons. The lowest BCUT2D eigenvalue weighted by Crippen LogP contribution is -2.06. The van der Waals surface area contributed by atoms with Crippen LogP contribution in [0.15, 0.2) is 24.3 Å². The van der Waals surface area contributed by atoms with Gasteiger partial charge in [0.2, 0.25) is 0 Å². The Kier molecular flexibility index (Phi) is 8.98. The highest BCUT2D eigenvalue weighted by molar-refractivity contribution is 9.09. The molecular formula is C17H27BrO. The van der Waals surface area contributed by atoms with Crippen LogP contribution in [0.5, 0.6) is 5.75 Å². The Balaban J connectivity index is 2.30. The molecule has 0 N–H and O–H groups in total. The van der Waals surface area contributed by atoms with E-state index in [4.69, 9.17) is 4.74 Å². The van der Waals surface area contributed by atoms with Gasteiger partial charge in [0.15, 0.2) is 0 Å². The van der Waals surface area contributed by atoms with Gasteiger partial charge in [-0.05, 0) is 36.5 Å². The van der Waals surface area contributed by atoms with E-state index in [1.807, 2.05) is 0 Å². The maximum absolute atomic E-state index is 5.19. The van der Waals surface area contributed by atoms with Crippen LogP contribution in [0, 0.1) is 5.92 Å². The molecule has 0 amide bonds. The number of methoxy groups -OCH3 is 1. The molecule has 0 aromatic heterocycles. The number of unbranched alkanes of at least 4 members (excludes halogenated alkanes) is 4. The Bertz CT molecular complexity index is 321. The maximum Gasteiger partial charge on any atom is 0.118 e. The lowest BCUT2D eigenvalue weighted by Gasteiger charge is -2.14. The van der Waals surface area contributed by atoms with Crippen LogP contribution < -0.4 is 4.74 Å². The zero-order valence-corrected chi connectivity index (χ0v) is 13.9. The van der Waals surface area contributed by atoms with Crippen LogP contribution in [0.3, 0.4) is 0 Å². The summed E-state index contributed by atoms with van der Waals surface area (Å²) < 4.78 is 5.19. The number of ether oxygens (including phenoxy) is 1. The van der Waals surface area contributed by atoms with E-state index in [1.54, 1.807) is 7.11 Å². The summed E-state index contributed by atoms with van der Waals surface area (Å²) in [5.41, 5.74) is 1.42. The third-order valence-corrected chi connectivity index (χ3v) is 4.53. The Morgan fingerprint density at radius 2 is 1.74 bits per heavy atom. The first kappa shape index (κ1) is 16.6. The second-order valence-electron chi connectivity index (χ2n) is 5.28. The first-order valence-electron chi connectivity index (χ1n) is 7.49. The number of halogens is 1. The summed E-state index contributed by atoms with van der Waals surface area (Å²) in [6.07, 6.45) is 9.37. The molecule has 0 aliphatic heterocycles. The van der Waals surface area contributed by atoms with Crippen LogP contribution in [0.4, 0.5) is 0 Å². The summed E-state index contributed by atoms with van der Waals surface area (Å²) in [6, 6.07) is 8.49. The van der Waals surface area contributed by atoms with Crippen LogP contribution in [-0.4, -0.2) is 12.4 Å². The van der Waals surface area contributed by atoms with Gasteiger partial charge in [-0.2, -0.15) is 0 Å². The van der Waals surface area contributed by atoms with Crippen LogP contribution in [0.2, 0.25) is 0 Å². The van der Waals surface area contributed by atoms with Gasteiger partial charge >= 0.3 is 0 Å². The summed E-state index contributed by atoms with van der Waals surface area (Å²) >= 11 is 3.66. The van der Waals surface area contributed by atoms with Crippen molar-refractivity contribution in [3.8, 4) is 5.75 Å². The second kappa shape index (κ2) is 10.3. The Morgan fingerprint density at radius 3 is 2.32 bits per heavy atom. The SMILES string of the molecule is CCCCCCCC(CBr)Cc1ccc(OC)cc1. The molecule has 0 radical (unpaired) electrons. The molecule has 0 aliphatic rings. The van der Waals surface area contributed by atoms with Crippen LogP contribution in [0.25, 0.3) is 0 Å². The van der Waals surface area contributed by atoms with Gasteiger partial charge in [0.05, 0.1) is 7.11 Å². The minimum Gasteiger partial charge on any atom is -0.497 e. The summed E-state index contributed by atoms with van der Waals surface area (Å²) in [4.78, 5) is 0. The van der Waals surface area contributed by atoms with Crippen molar-refractivity contribution in [1.29, 1.82) is 0 Å². The average molecular weight is 327 g/mol. The van der Waals surface area contributed by atoms with Gasteiger partial charge in [0, 0.05) is 5.33 Å². The predicted octanol–water partition coefficient (Wildman–Crippen LogP) is 5.61. The molecule has 1 aromatic carbocycles. The van der Waals surface area contributed by atoms with Crippen molar-refractivity contribution in [2.24, 2.45) is 5.92 Å². The fourth-order valence-corrected chi connectivity index (χ4v) is 2.92. The Morgan fingerprint density at radius 1 is 1.05 bits per heavy atom. The van der Waals surface area contributed by atoms with E-state index in [1.165, 1.54) is 50.5 Å². The van der Waals surface area contributed by atoms with Crippen LogP contribution >= 0.6 is 15.9 Å². The van der Waals surface area contributed by atoms with E-state index in [0.29, 0.717) is 0 Å². The molecule has 0 fully saturated rings. The fourth-order valence-electron chi connectivity index (χ4n) is 2.37. The van der Waals surface area contributed by atoms with E-state index < -0.39 is 0 Å². The standard InChI is InChI=1S/C17H27BrO/c1-3-4-5-6-7-8-16(14-18)13-15-9-11-17(19-2)12-10-15/h9-12,16H,3-8,13-14H2,1-2H3. The van der Waals surface area contributed by atoms with E-state index in [-0.39, 0.29) is 0 Å². The van der Waals surface area contributed by atoms with Crippen LogP contribution in [-0.2, 0) is 6.42 Å². The highest BCUT2D eigenvalue weighted by atomic mass is 79.9. The molecular weight excluding hydrogens is 300 g/mol. The molecule has 0 saturated heterocycles. The fraction of sp³-hybridized carbons (Fsp3) is 0.647. The van der Waals surface area contributed by atoms with Crippen molar-refractivity contribution in [2.75, 3.05) is 12.4 Å². The van der Waals surface area contributed by atoms with Gasteiger partial charge < -0.3 is 4.74 Å². The lowest BCUT2D eigenvalue weighted by molar-refractivity contribution is 0.414. The largest absolute Gasteiger partial charge is 0.497 e. The number of alkyl halides is 1. The van der Waals surface area contributed by atoms with Crippen LogP contribution in [0.1, 0.15) is 51.0 Å². The van der Waals surface area contributed by atoms with Gasteiger partial charge in [-0.1, -0.05) is 67.1 Å².